The van der Waals surface area contributed by atoms with Gasteiger partial charge in [-0.15, -0.1) is 0 Å². The number of benzene rings is 1. The Bertz CT molecular complexity index is 531. The van der Waals surface area contributed by atoms with Gasteiger partial charge in [0.15, 0.2) is 5.76 Å². The summed E-state index contributed by atoms with van der Waals surface area (Å²) >= 11 is 5.88. The molecular weight excluding hydrogens is 214 g/mol. The molecule has 0 saturated heterocycles. The van der Waals surface area contributed by atoms with Gasteiger partial charge in [0.25, 0.3) is 5.91 Å². The molecule has 78 valence electrons. The van der Waals surface area contributed by atoms with E-state index in [1.807, 2.05) is 6.92 Å². The maximum Gasteiger partial charge on any atom is 0.284 e. The normalized spacial score (nSPS) is 10.8. The van der Waals surface area contributed by atoms with Crippen LogP contribution in [0.1, 0.15) is 23.0 Å². The zero-order valence-electron chi connectivity index (χ0n) is 8.21. The van der Waals surface area contributed by atoms with Crippen LogP contribution in [0.25, 0.3) is 11.0 Å². The van der Waals surface area contributed by atoms with Gasteiger partial charge in [0.1, 0.15) is 5.58 Å². The van der Waals surface area contributed by atoms with E-state index in [0.717, 1.165) is 10.9 Å². The highest BCUT2D eigenvalue weighted by atomic mass is 35.5. The first-order valence-electron chi connectivity index (χ1n) is 4.64. The van der Waals surface area contributed by atoms with E-state index in [0.29, 0.717) is 17.0 Å². The molecular formula is C11H10ClNO2. The Hall–Kier alpha value is -1.48. The predicted octanol–water partition coefficient (Wildman–Crippen LogP) is 2.75. The molecule has 3 nitrogen and oxygen atoms in total. The van der Waals surface area contributed by atoms with Crippen molar-refractivity contribution in [2.75, 3.05) is 0 Å². The van der Waals surface area contributed by atoms with E-state index in [1.165, 1.54) is 0 Å². The van der Waals surface area contributed by atoms with Crippen molar-refractivity contribution in [3.05, 3.63) is 34.5 Å². The van der Waals surface area contributed by atoms with E-state index >= 15 is 0 Å². The van der Waals surface area contributed by atoms with Gasteiger partial charge in [0.05, 0.1) is 0 Å². The van der Waals surface area contributed by atoms with Gasteiger partial charge in [0.2, 0.25) is 0 Å². The Balaban J connectivity index is 2.79. The lowest BCUT2D eigenvalue weighted by Crippen LogP contribution is -2.11. The van der Waals surface area contributed by atoms with E-state index in [2.05, 4.69) is 0 Å². The van der Waals surface area contributed by atoms with Gasteiger partial charge in [-0.1, -0.05) is 18.5 Å². The first-order valence-corrected chi connectivity index (χ1v) is 5.02. The third-order valence-corrected chi connectivity index (χ3v) is 2.57. The Morgan fingerprint density at radius 2 is 2.27 bits per heavy atom. The molecule has 1 amide bonds. The smallest absolute Gasteiger partial charge is 0.284 e. The molecule has 1 aromatic carbocycles. The molecule has 0 atom stereocenters. The summed E-state index contributed by atoms with van der Waals surface area (Å²) in [6.45, 7) is 1.94. The van der Waals surface area contributed by atoms with Crippen molar-refractivity contribution in [2.45, 2.75) is 13.3 Å². The summed E-state index contributed by atoms with van der Waals surface area (Å²) in [6.07, 6.45) is 0.686. The van der Waals surface area contributed by atoms with E-state index in [1.54, 1.807) is 18.2 Å². The molecule has 1 heterocycles. The lowest BCUT2D eigenvalue weighted by Gasteiger charge is -1.94. The second kappa shape index (κ2) is 3.59. The Morgan fingerprint density at radius 3 is 2.87 bits per heavy atom. The fourth-order valence-electron chi connectivity index (χ4n) is 1.67. The number of furan rings is 1. The molecule has 0 spiro atoms. The zero-order valence-corrected chi connectivity index (χ0v) is 8.97. The number of rotatable bonds is 2. The Morgan fingerprint density at radius 1 is 1.53 bits per heavy atom. The number of aryl methyl sites for hydroxylation is 1. The number of hydrogen-bond donors (Lipinski definition) is 1. The van der Waals surface area contributed by atoms with Crippen molar-refractivity contribution in [2.24, 2.45) is 5.73 Å². The van der Waals surface area contributed by atoms with Crippen molar-refractivity contribution >= 4 is 28.5 Å². The lowest BCUT2D eigenvalue weighted by atomic mass is 10.1. The average molecular weight is 224 g/mol. The Kier molecular flexibility index (Phi) is 2.40. The molecule has 0 fully saturated rings. The fraction of sp³-hybridized carbons (Fsp3) is 0.182. The molecule has 0 aliphatic rings. The number of nitrogens with two attached hydrogens (primary N) is 1. The first kappa shape index (κ1) is 10.1. The fourth-order valence-corrected chi connectivity index (χ4v) is 1.84. The SMILES string of the molecule is CCc1c(C(N)=O)oc2ccc(Cl)cc12. The number of carbonyl (C=O) groups excluding carboxylic acids is 1. The number of halogens is 1. The second-order valence-electron chi connectivity index (χ2n) is 3.27. The van der Waals surface area contributed by atoms with Crippen molar-refractivity contribution in [1.29, 1.82) is 0 Å². The average Bonchev–Trinajstić information content (AvgIpc) is 2.55. The maximum absolute atomic E-state index is 11.1. The highest BCUT2D eigenvalue weighted by Gasteiger charge is 2.16. The summed E-state index contributed by atoms with van der Waals surface area (Å²) in [5.41, 5.74) is 6.69. The predicted molar refractivity (Wildman–Crippen MR) is 59.1 cm³/mol. The van der Waals surface area contributed by atoms with Crippen molar-refractivity contribution < 1.29 is 9.21 Å². The van der Waals surface area contributed by atoms with E-state index in [9.17, 15) is 4.79 Å². The highest BCUT2D eigenvalue weighted by molar-refractivity contribution is 6.31. The monoisotopic (exact) mass is 223 g/mol. The summed E-state index contributed by atoms with van der Waals surface area (Å²) in [6, 6.07) is 5.24. The van der Waals surface area contributed by atoms with Crippen LogP contribution in [0.15, 0.2) is 22.6 Å². The molecule has 2 aromatic rings. The van der Waals surface area contributed by atoms with E-state index < -0.39 is 5.91 Å². The van der Waals surface area contributed by atoms with Gasteiger partial charge < -0.3 is 10.2 Å². The minimum Gasteiger partial charge on any atom is -0.451 e. The number of carbonyl (C=O) groups is 1. The van der Waals surface area contributed by atoms with Gasteiger partial charge >= 0.3 is 0 Å². The quantitative estimate of drug-likeness (QED) is 0.851. The minimum atomic E-state index is -0.542. The molecule has 0 aliphatic heterocycles. The summed E-state index contributed by atoms with van der Waals surface area (Å²) in [5, 5.41) is 1.48. The molecule has 1 aromatic heterocycles. The van der Waals surface area contributed by atoms with Crippen molar-refractivity contribution in [1.82, 2.24) is 0 Å². The van der Waals surface area contributed by atoms with Gasteiger partial charge in [-0.25, -0.2) is 0 Å². The molecule has 0 saturated carbocycles. The summed E-state index contributed by atoms with van der Waals surface area (Å²) in [5.74, 6) is -0.311. The molecule has 0 aliphatic carbocycles. The molecule has 0 radical (unpaired) electrons. The minimum absolute atomic E-state index is 0.231. The molecule has 2 rings (SSSR count). The summed E-state index contributed by atoms with van der Waals surface area (Å²) in [7, 11) is 0. The second-order valence-corrected chi connectivity index (χ2v) is 3.70. The largest absolute Gasteiger partial charge is 0.451 e. The van der Waals surface area contributed by atoms with Crippen LogP contribution in [-0.4, -0.2) is 5.91 Å². The topological polar surface area (TPSA) is 56.2 Å². The first-order chi connectivity index (χ1) is 7.13. The zero-order chi connectivity index (χ0) is 11.0. The molecule has 4 heteroatoms. The number of primary amides is 1. The lowest BCUT2D eigenvalue weighted by molar-refractivity contribution is 0.0975. The van der Waals surface area contributed by atoms with Crippen LogP contribution < -0.4 is 5.73 Å². The van der Waals surface area contributed by atoms with Crippen molar-refractivity contribution in [3.8, 4) is 0 Å². The molecule has 15 heavy (non-hydrogen) atoms. The van der Waals surface area contributed by atoms with Crippen LogP contribution in [0.4, 0.5) is 0 Å². The summed E-state index contributed by atoms with van der Waals surface area (Å²) in [4.78, 5) is 11.1. The molecule has 0 bridgehead atoms. The van der Waals surface area contributed by atoms with Crippen LogP contribution >= 0.6 is 11.6 Å². The highest BCUT2D eigenvalue weighted by Crippen LogP contribution is 2.28. The van der Waals surface area contributed by atoms with Crippen molar-refractivity contribution in [3.63, 3.8) is 0 Å². The van der Waals surface area contributed by atoms with Gasteiger partial charge in [-0.05, 0) is 24.6 Å². The van der Waals surface area contributed by atoms with E-state index in [4.69, 9.17) is 21.8 Å². The van der Waals surface area contributed by atoms with Gasteiger partial charge in [-0.3, -0.25) is 4.79 Å². The molecule has 2 N–H and O–H groups in total. The van der Waals surface area contributed by atoms with Gasteiger partial charge in [-0.2, -0.15) is 0 Å². The van der Waals surface area contributed by atoms with Crippen LogP contribution in [0.3, 0.4) is 0 Å². The number of amides is 1. The standard InChI is InChI=1S/C11H10ClNO2/c1-2-7-8-5-6(12)3-4-9(8)15-10(7)11(13)14/h3-5H,2H2,1H3,(H2,13,14). The third-order valence-electron chi connectivity index (χ3n) is 2.33. The Labute approximate surface area is 91.8 Å². The molecule has 0 unspecified atom stereocenters. The number of hydrogen-bond acceptors (Lipinski definition) is 2. The van der Waals surface area contributed by atoms with E-state index in [-0.39, 0.29) is 5.76 Å². The van der Waals surface area contributed by atoms with Crippen LogP contribution in [0.2, 0.25) is 5.02 Å². The summed E-state index contributed by atoms with van der Waals surface area (Å²) < 4.78 is 5.37. The van der Waals surface area contributed by atoms with Crippen LogP contribution in [-0.2, 0) is 6.42 Å². The maximum atomic E-state index is 11.1. The number of fused-ring (bicyclic) bond motifs is 1. The van der Waals surface area contributed by atoms with Gasteiger partial charge in [0, 0.05) is 16.0 Å². The van der Waals surface area contributed by atoms with Crippen LogP contribution in [0.5, 0.6) is 0 Å². The third kappa shape index (κ3) is 1.59. The van der Waals surface area contributed by atoms with Crippen LogP contribution in [0, 0.1) is 0 Å².